The number of aromatic nitrogens is 4. The molecule has 162 valence electrons. The lowest BCUT2D eigenvalue weighted by atomic mass is 10.2. The lowest BCUT2D eigenvalue weighted by molar-refractivity contribution is 0.160. The van der Waals surface area contributed by atoms with Crippen LogP contribution in [0.1, 0.15) is 17.7 Å². The molecule has 0 fully saturated rings. The fourth-order valence-corrected chi connectivity index (χ4v) is 3.48. The fraction of sp³-hybridized carbons (Fsp3) is 0.391. The third kappa shape index (κ3) is 7.26. The molecule has 0 aliphatic carbocycles. The highest BCUT2D eigenvalue weighted by Crippen LogP contribution is 2.23. The van der Waals surface area contributed by atoms with Gasteiger partial charge in [-0.2, -0.15) is 0 Å². The standard InChI is InChI=1S/C23H35N7/c1-5-13-28(14-6-2)17-19-30(20-18-29(15-7-3)16-8-4)21(22-24-9-10-25-22)23-26-11-12-27-23/h5-12,21H,1-4,13-20H2,(H,24,25)(H,26,27). The second-order valence-electron chi connectivity index (χ2n) is 7.06. The van der Waals surface area contributed by atoms with Gasteiger partial charge < -0.3 is 9.97 Å². The second-order valence-corrected chi connectivity index (χ2v) is 7.06. The highest BCUT2D eigenvalue weighted by Gasteiger charge is 2.27. The normalized spacial score (nSPS) is 11.5. The Kier molecular flexibility index (Phi) is 10.6. The van der Waals surface area contributed by atoms with Crippen molar-refractivity contribution in [3.63, 3.8) is 0 Å². The van der Waals surface area contributed by atoms with Crippen molar-refractivity contribution in [3.05, 3.63) is 87.1 Å². The Morgan fingerprint density at radius 3 is 1.40 bits per heavy atom. The summed E-state index contributed by atoms with van der Waals surface area (Å²) in [5, 5.41) is 0. The Labute approximate surface area is 180 Å². The molecule has 0 bridgehead atoms. The SMILES string of the molecule is C=CCN(CC=C)CCN(CCN(CC=C)CC=C)C(c1ncc[nH]1)c1ncc[nH]1. The molecule has 7 heteroatoms. The van der Waals surface area contributed by atoms with Crippen molar-refractivity contribution in [1.29, 1.82) is 0 Å². The Bertz CT molecular complexity index is 653. The van der Waals surface area contributed by atoms with Gasteiger partial charge in [-0.25, -0.2) is 9.97 Å². The maximum atomic E-state index is 4.54. The number of hydrogen-bond donors (Lipinski definition) is 2. The van der Waals surface area contributed by atoms with Crippen LogP contribution in [0.15, 0.2) is 75.4 Å². The Hall–Kier alpha value is -2.74. The molecule has 0 aliphatic heterocycles. The number of imidazole rings is 2. The molecule has 2 aromatic heterocycles. The topological polar surface area (TPSA) is 67.1 Å². The average Bonchev–Trinajstić information content (AvgIpc) is 3.45. The number of aromatic amines is 2. The van der Waals surface area contributed by atoms with Gasteiger partial charge in [0.05, 0.1) is 0 Å². The van der Waals surface area contributed by atoms with Crippen LogP contribution in [0.4, 0.5) is 0 Å². The van der Waals surface area contributed by atoms with Crippen LogP contribution in [0.2, 0.25) is 0 Å². The largest absolute Gasteiger partial charge is 0.347 e. The lowest BCUT2D eigenvalue weighted by Gasteiger charge is -2.33. The first kappa shape index (κ1) is 23.5. The van der Waals surface area contributed by atoms with E-state index in [0.717, 1.165) is 64.0 Å². The van der Waals surface area contributed by atoms with E-state index in [1.807, 2.05) is 36.7 Å². The molecule has 2 heterocycles. The minimum Gasteiger partial charge on any atom is -0.347 e. The first-order chi connectivity index (χ1) is 14.7. The van der Waals surface area contributed by atoms with Gasteiger partial charge in [0.25, 0.3) is 0 Å². The van der Waals surface area contributed by atoms with E-state index < -0.39 is 0 Å². The van der Waals surface area contributed by atoms with Gasteiger partial charge in [-0.05, 0) is 0 Å². The molecule has 7 nitrogen and oxygen atoms in total. The van der Waals surface area contributed by atoms with Crippen molar-refractivity contribution >= 4 is 0 Å². The lowest BCUT2D eigenvalue weighted by Crippen LogP contribution is -2.42. The highest BCUT2D eigenvalue weighted by atomic mass is 15.3. The van der Waals surface area contributed by atoms with Crippen LogP contribution in [0.5, 0.6) is 0 Å². The molecule has 0 spiro atoms. The zero-order chi connectivity index (χ0) is 21.6. The van der Waals surface area contributed by atoms with Gasteiger partial charge in [0.1, 0.15) is 17.7 Å². The van der Waals surface area contributed by atoms with E-state index in [1.165, 1.54) is 0 Å². The van der Waals surface area contributed by atoms with E-state index >= 15 is 0 Å². The van der Waals surface area contributed by atoms with Crippen LogP contribution in [0, 0.1) is 0 Å². The summed E-state index contributed by atoms with van der Waals surface area (Å²) in [4.78, 5) is 22.7. The maximum Gasteiger partial charge on any atom is 0.131 e. The van der Waals surface area contributed by atoms with Crippen molar-refractivity contribution in [2.75, 3.05) is 52.4 Å². The second kappa shape index (κ2) is 13.5. The number of hydrogen-bond acceptors (Lipinski definition) is 5. The Morgan fingerprint density at radius 1 is 0.700 bits per heavy atom. The zero-order valence-electron chi connectivity index (χ0n) is 17.9. The summed E-state index contributed by atoms with van der Waals surface area (Å²) >= 11 is 0. The molecule has 2 rings (SSSR count). The molecule has 0 radical (unpaired) electrons. The van der Waals surface area contributed by atoms with Crippen LogP contribution in [-0.4, -0.2) is 87.0 Å². The summed E-state index contributed by atoms with van der Waals surface area (Å²) in [7, 11) is 0. The van der Waals surface area contributed by atoms with E-state index in [2.05, 4.69) is 61.0 Å². The average molecular weight is 410 g/mol. The van der Waals surface area contributed by atoms with Crippen molar-refractivity contribution in [2.24, 2.45) is 0 Å². The number of rotatable bonds is 17. The first-order valence-electron chi connectivity index (χ1n) is 10.3. The molecule has 0 unspecified atom stereocenters. The molecular weight excluding hydrogens is 374 g/mol. The zero-order valence-corrected chi connectivity index (χ0v) is 17.9. The maximum absolute atomic E-state index is 4.54. The molecule has 0 aliphatic rings. The van der Waals surface area contributed by atoms with Gasteiger partial charge in [0.15, 0.2) is 0 Å². The Morgan fingerprint density at radius 2 is 1.10 bits per heavy atom. The minimum atomic E-state index is -0.0846. The molecular formula is C23H35N7. The fourth-order valence-electron chi connectivity index (χ4n) is 3.48. The molecule has 0 aromatic carbocycles. The van der Waals surface area contributed by atoms with Crippen LogP contribution < -0.4 is 0 Å². The summed E-state index contributed by atoms with van der Waals surface area (Å²) in [6, 6.07) is -0.0846. The number of H-pyrrole nitrogens is 2. The molecule has 0 amide bonds. The van der Waals surface area contributed by atoms with Crippen LogP contribution in [-0.2, 0) is 0 Å². The van der Waals surface area contributed by atoms with Crippen molar-refractivity contribution in [2.45, 2.75) is 6.04 Å². The molecule has 0 saturated heterocycles. The summed E-state index contributed by atoms with van der Waals surface area (Å²) < 4.78 is 0. The predicted molar refractivity (Wildman–Crippen MR) is 124 cm³/mol. The van der Waals surface area contributed by atoms with Crippen LogP contribution in [0.3, 0.4) is 0 Å². The van der Waals surface area contributed by atoms with E-state index in [4.69, 9.17) is 0 Å². The highest BCUT2D eigenvalue weighted by molar-refractivity contribution is 5.11. The van der Waals surface area contributed by atoms with E-state index in [-0.39, 0.29) is 6.04 Å². The quantitative estimate of drug-likeness (QED) is 0.393. The first-order valence-corrected chi connectivity index (χ1v) is 10.3. The smallest absolute Gasteiger partial charge is 0.131 e. The van der Waals surface area contributed by atoms with Crippen molar-refractivity contribution < 1.29 is 0 Å². The number of nitrogens with zero attached hydrogens (tertiary/aromatic N) is 5. The van der Waals surface area contributed by atoms with E-state index in [9.17, 15) is 0 Å². The summed E-state index contributed by atoms with van der Waals surface area (Å²) in [5.41, 5.74) is 0. The molecule has 2 N–H and O–H groups in total. The third-order valence-corrected chi connectivity index (χ3v) is 4.88. The van der Waals surface area contributed by atoms with Crippen molar-refractivity contribution in [1.82, 2.24) is 34.6 Å². The van der Waals surface area contributed by atoms with Gasteiger partial charge in [-0.1, -0.05) is 24.3 Å². The number of nitrogens with one attached hydrogen (secondary N) is 2. The van der Waals surface area contributed by atoms with E-state index in [1.54, 1.807) is 12.4 Å². The van der Waals surface area contributed by atoms with Gasteiger partial charge in [-0.15, -0.1) is 26.3 Å². The molecule has 2 aromatic rings. The molecule has 0 saturated carbocycles. The van der Waals surface area contributed by atoms with Crippen LogP contribution in [0.25, 0.3) is 0 Å². The van der Waals surface area contributed by atoms with Gasteiger partial charge in [0.2, 0.25) is 0 Å². The van der Waals surface area contributed by atoms with E-state index in [0.29, 0.717) is 0 Å². The summed E-state index contributed by atoms with van der Waals surface area (Å²) in [6.45, 7) is 22.3. The monoisotopic (exact) mass is 409 g/mol. The predicted octanol–water partition coefficient (Wildman–Crippen LogP) is 2.87. The molecule has 30 heavy (non-hydrogen) atoms. The van der Waals surface area contributed by atoms with Gasteiger partial charge in [-0.3, -0.25) is 14.7 Å². The summed E-state index contributed by atoms with van der Waals surface area (Å²) in [5.74, 6) is 1.76. The minimum absolute atomic E-state index is 0.0846. The third-order valence-electron chi connectivity index (χ3n) is 4.88. The summed E-state index contributed by atoms with van der Waals surface area (Å²) in [6.07, 6.45) is 15.0. The van der Waals surface area contributed by atoms with Gasteiger partial charge in [0, 0.05) is 77.1 Å². The Balaban J connectivity index is 2.23. The van der Waals surface area contributed by atoms with Gasteiger partial charge >= 0.3 is 0 Å². The molecule has 0 atom stereocenters. The van der Waals surface area contributed by atoms with Crippen LogP contribution >= 0.6 is 0 Å². The van der Waals surface area contributed by atoms with Crippen molar-refractivity contribution in [3.8, 4) is 0 Å².